The van der Waals surface area contributed by atoms with E-state index in [1.54, 1.807) is 11.3 Å². The summed E-state index contributed by atoms with van der Waals surface area (Å²) in [6.45, 7) is 2.10. The molecule has 4 nitrogen and oxygen atoms in total. The third kappa shape index (κ3) is 3.89. The van der Waals surface area contributed by atoms with Gasteiger partial charge in [0.05, 0.1) is 5.75 Å². The molecule has 0 amide bonds. The van der Waals surface area contributed by atoms with E-state index in [0.29, 0.717) is 6.42 Å². The molecule has 0 aliphatic carbocycles. The number of aryl methyl sites for hydroxylation is 1. The molecule has 6 heteroatoms. The second kappa shape index (κ2) is 7.10. The molecule has 0 radical (unpaired) electrons. The molecule has 0 unspecified atom stereocenters. The van der Waals surface area contributed by atoms with Crippen LogP contribution in [0.4, 0.5) is 0 Å². The fourth-order valence-corrected chi connectivity index (χ4v) is 4.05. The van der Waals surface area contributed by atoms with E-state index < -0.39 is 5.97 Å². The van der Waals surface area contributed by atoms with E-state index in [9.17, 15) is 4.79 Å². The second-order valence-electron chi connectivity index (χ2n) is 5.07. The number of aliphatic carboxylic acids is 1. The van der Waals surface area contributed by atoms with Crippen molar-refractivity contribution < 1.29 is 9.90 Å². The van der Waals surface area contributed by atoms with Crippen LogP contribution in [0.3, 0.4) is 0 Å². The number of thiophene rings is 1. The standard InChI is InChI=1S/C17H16N2O2S2/c1-2-12-9-13-16(22-10-15(20)21)18-14(19-17(13)23-12)8-11-6-4-3-5-7-11/h3-7,9H,2,8,10H2,1H3,(H,20,21). The van der Waals surface area contributed by atoms with E-state index in [2.05, 4.69) is 23.0 Å². The summed E-state index contributed by atoms with van der Waals surface area (Å²) in [4.78, 5) is 22.3. The van der Waals surface area contributed by atoms with Crippen molar-refractivity contribution in [2.75, 3.05) is 5.75 Å². The molecule has 1 N–H and O–H groups in total. The van der Waals surface area contributed by atoms with Crippen LogP contribution < -0.4 is 0 Å². The molecule has 0 aliphatic rings. The first-order valence-corrected chi connectivity index (χ1v) is 9.13. The van der Waals surface area contributed by atoms with Crippen molar-refractivity contribution in [2.45, 2.75) is 24.8 Å². The molecule has 2 aromatic heterocycles. The summed E-state index contributed by atoms with van der Waals surface area (Å²) in [6, 6.07) is 12.1. The van der Waals surface area contributed by atoms with Crippen molar-refractivity contribution in [3.63, 3.8) is 0 Å². The van der Waals surface area contributed by atoms with Crippen molar-refractivity contribution in [1.29, 1.82) is 0 Å². The molecule has 0 saturated carbocycles. The molecule has 2 heterocycles. The predicted octanol–water partition coefficient (Wildman–Crippen LogP) is 4.02. The number of aromatic nitrogens is 2. The number of benzene rings is 1. The normalized spacial score (nSPS) is 11.0. The highest BCUT2D eigenvalue weighted by Crippen LogP contribution is 2.32. The van der Waals surface area contributed by atoms with Crippen LogP contribution in [0, 0.1) is 0 Å². The Morgan fingerprint density at radius 3 is 2.74 bits per heavy atom. The van der Waals surface area contributed by atoms with Gasteiger partial charge < -0.3 is 5.11 Å². The number of rotatable bonds is 6. The lowest BCUT2D eigenvalue weighted by Crippen LogP contribution is -2.01. The van der Waals surface area contributed by atoms with Gasteiger partial charge in [0, 0.05) is 16.7 Å². The van der Waals surface area contributed by atoms with Gasteiger partial charge in [-0.05, 0) is 18.1 Å². The van der Waals surface area contributed by atoms with Crippen molar-refractivity contribution >= 4 is 39.3 Å². The lowest BCUT2D eigenvalue weighted by atomic mass is 10.1. The summed E-state index contributed by atoms with van der Waals surface area (Å²) in [6.07, 6.45) is 1.59. The molecule has 0 saturated heterocycles. The number of hydrogen-bond acceptors (Lipinski definition) is 5. The molecule has 0 spiro atoms. The second-order valence-corrected chi connectivity index (χ2v) is 7.15. The number of thioether (sulfide) groups is 1. The van der Waals surface area contributed by atoms with Crippen LogP contribution in [0.15, 0.2) is 41.4 Å². The molecule has 3 rings (SSSR count). The first-order chi connectivity index (χ1) is 11.2. The van der Waals surface area contributed by atoms with Gasteiger partial charge in [0.2, 0.25) is 0 Å². The van der Waals surface area contributed by atoms with Gasteiger partial charge in [-0.25, -0.2) is 9.97 Å². The highest BCUT2D eigenvalue weighted by atomic mass is 32.2. The van der Waals surface area contributed by atoms with Crippen LogP contribution in [0.1, 0.15) is 23.2 Å². The van der Waals surface area contributed by atoms with Gasteiger partial charge in [-0.2, -0.15) is 0 Å². The van der Waals surface area contributed by atoms with E-state index >= 15 is 0 Å². The number of carbonyl (C=O) groups is 1. The zero-order chi connectivity index (χ0) is 16.2. The Morgan fingerprint density at radius 1 is 1.26 bits per heavy atom. The maximum atomic E-state index is 10.9. The lowest BCUT2D eigenvalue weighted by Gasteiger charge is -2.05. The maximum Gasteiger partial charge on any atom is 0.313 e. The summed E-state index contributed by atoms with van der Waals surface area (Å²) in [5.74, 6) is -0.0906. The molecular formula is C17H16N2O2S2. The summed E-state index contributed by atoms with van der Waals surface area (Å²) in [7, 11) is 0. The number of carboxylic acids is 1. The van der Waals surface area contributed by atoms with Gasteiger partial charge in [-0.1, -0.05) is 49.0 Å². The molecule has 0 aliphatic heterocycles. The quantitative estimate of drug-likeness (QED) is 0.540. The maximum absolute atomic E-state index is 10.9. The van der Waals surface area contributed by atoms with E-state index in [1.807, 2.05) is 30.3 Å². The first kappa shape index (κ1) is 16.0. The Hall–Kier alpha value is -1.92. The van der Waals surface area contributed by atoms with Crippen LogP contribution in [0.5, 0.6) is 0 Å². The number of fused-ring (bicyclic) bond motifs is 1. The van der Waals surface area contributed by atoms with Gasteiger partial charge >= 0.3 is 5.97 Å². The molecule has 0 bridgehead atoms. The minimum atomic E-state index is -0.836. The Balaban J connectivity index is 1.99. The van der Waals surface area contributed by atoms with E-state index in [-0.39, 0.29) is 5.75 Å². The molecule has 118 valence electrons. The summed E-state index contributed by atoms with van der Waals surface area (Å²) < 4.78 is 0. The first-order valence-electron chi connectivity index (χ1n) is 7.33. The monoisotopic (exact) mass is 344 g/mol. The number of nitrogens with zero attached hydrogens (tertiary/aromatic N) is 2. The lowest BCUT2D eigenvalue weighted by molar-refractivity contribution is -0.133. The Labute approximate surface area is 142 Å². The van der Waals surface area contributed by atoms with Gasteiger partial charge in [0.25, 0.3) is 0 Å². The average Bonchev–Trinajstić information content (AvgIpc) is 2.96. The van der Waals surface area contributed by atoms with Gasteiger partial charge in [-0.3, -0.25) is 4.79 Å². The summed E-state index contributed by atoms with van der Waals surface area (Å²) >= 11 is 2.92. The zero-order valence-corrected chi connectivity index (χ0v) is 14.3. The van der Waals surface area contributed by atoms with Crippen molar-refractivity contribution in [3.8, 4) is 0 Å². The summed E-state index contributed by atoms with van der Waals surface area (Å²) in [5, 5.41) is 10.7. The van der Waals surface area contributed by atoms with E-state index in [1.165, 1.54) is 16.6 Å². The van der Waals surface area contributed by atoms with E-state index in [0.717, 1.165) is 33.1 Å². The summed E-state index contributed by atoms with van der Waals surface area (Å²) in [5.41, 5.74) is 1.15. The molecule has 23 heavy (non-hydrogen) atoms. The Morgan fingerprint density at radius 2 is 2.04 bits per heavy atom. The zero-order valence-electron chi connectivity index (χ0n) is 12.7. The third-order valence-corrected chi connectivity index (χ3v) is 5.49. The minimum Gasteiger partial charge on any atom is -0.481 e. The van der Waals surface area contributed by atoms with Crippen molar-refractivity contribution in [3.05, 3.63) is 52.7 Å². The average molecular weight is 344 g/mol. The Bertz CT molecular complexity index is 831. The molecule has 3 aromatic rings. The van der Waals surface area contributed by atoms with Crippen LogP contribution in [-0.2, 0) is 17.6 Å². The van der Waals surface area contributed by atoms with Crippen LogP contribution in [0.25, 0.3) is 10.2 Å². The molecule has 0 fully saturated rings. The largest absolute Gasteiger partial charge is 0.481 e. The molecule has 1 aromatic carbocycles. The van der Waals surface area contributed by atoms with Gasteiger partial charge in [0.1, 0.15) is 15.7 Å². The minimum absolute atomic E-state index is 0.00813. The van der Waals surface area contributed by atoms with Crippen LogP contribution >= 0.6 is 23.1 Å². The van der Waals surface area contributed by atoms with Crippen LogP contribution in [0.2, 0.25) is 0 Å². The van der Waals surface area contributed by atoms with Gasteiger partial charge in [0.15, 0.2) is 0 Å². The fourth-order valence-electron chi connectivity index (χ4n) is 2.26. The number of carboxylic acid groups (broad SMARTS) is 1. The third-order valence-electron chi connectivity index (χ3n) is 3.34. The number of hydrogen-bond donors (Lipinski definition) is 1. The van der Waals surface area contributed by atoms with Crippen molar-refractivity contribution in [2.24, 2.45) is 0 Å². The van der Waals surface area contributed by atoms with E-state index in [4.69, 9.17) is 5.11 Å². The molecule has 0 atom stereocenters. The SMILES string of the molecule is CCc1cc2c(SCC(=O)O)nc(Cc3ccccc3)nc2s1. The van der Waals surface area contributed by atoms with Crippen molar-refractivity contribution in [1.82, 2.24) is 9.97 Å². The van der Waals surface area contributed by atoms with Crippen LogP contribution in [-0.4, -0.2) is 26.8 Å². The highest BCUT2D eigenvalue weighted by Gasteiger charge is 2.13. The predicted molar refractivity (Wildman–Crippen MR) is 94.4 cm³/mol. The molecular weight excluding hydrogens is 328 g/mol. The topological polar surface area (TPSA) is 63.1 Å². The fraction of sp³-hybridized carbons (Fsp3) is 0.235. The highest BCUT2D eigenvalue weighted by molar-refractivity contribution is 8.00. The van der Waals surface area contributed by atoms with Gasteiger partial charge in [-0.15, -0.1) is 11.3 Å². The smallest absolute Gasteiger partial charge is 0.313 e. The Kier molecular flexibility index (Phi) is 4.93.